The van der Waals surface area contributed by atoms with Crippen LogP contribution in [0.25, 0.3) is 11.5 Å². The summed E-state index contributed by atoms with van der Waals surface area (Å²) in [4.78, 5) is 34.6. The summed E-state index contributed by atoms with van der Waals surface area (Å²) in [6, 6.07) is 7.14. The highest BCUT2D eigenvalue weighted by molar-refractivity contribution is 6.31. The van der Waals surface area contributed by atoms with Crippen molar-refractivity contribution in [3.63, 3.8) is 0 Å². The van der Waals surface area contributed by atoms with E-state index in [4.69, 9.17) is 16.3 Å². The first-order valence-electron chi connectivity index (χ1n) is 11.6. The Kier molecular flexibility index (Phi) is 7.48. The van der Waals surface area contributed by atoms with Crippen molar-refractivity contribution in [3.05, 3.63) is 109 Å². The van der Waals surface area contributed by atoms with Crippen molar-refractivity contribution < 1.29 is 18.6 Å². The van der Waals surface area contributed by atoms with Gasteiger partial charge in [0.15, 0.2) is 5.82 Å². The third-order valence-electron chi connectivity index (χ3n) is 6.17. The number of ether oxygens (including phenoxy) is 1. The lowest BCUT2D eigenvalue weighted by atomic mass is 9.86. The van der Waals surface area contributed by atoms with E-state index in [2.05, 4.69) is 9.97 Å². The van der Waals surface area contributed by atoms with E-state index >= 15 is 0 Å². The third kappa shape index (κ3) is 5.09. The molecule has 0 spiro atoms. The average Bonchev–Trinajstić information content (AvgIpc) is 2.87. The summed E-state index contributed by atoms with van der Waals surface area (Å²) in [6.45, 7) is 6.36. The van der Waals surface area contributed by atoms with E-state index in [0.29, 0.717) is 28.6 Å². The lowest BCUT2D eigenvalue weighted by Gasteiger charge is -2.22. The Morgan fingerprint density at radius 1 is 1.08 bits per heavy atom. The second kappa shape index (κ2) is 10.5. The molecule has 0 saturated heterocycles. The molecule has 0 aliphatic rings. The molecule has 0 radical (unpaired) electrons. The molecule has 0 aromatic carbocycles. The van der Waals surface area contributed by atoms with Crippen LogP contribution in [0.1, 0.15) is 36.4 Å². The molecule has 4 aromatic rings. The van der Waals surface area contributed by atoms with Gasteiger partial charge in [0.25, 0.3) is 11.1 Å². The molecule has 1 N–H and O–H groups in total. The first-order valence-corrected chi connectivity index (χ1v) is 12.0. The second-order valence-electron chi connectivity index (χ2n) is 9.44. The molecule has 4 heterocycles. The Labute approximate surface area is 221 Å². The van der Waals surface area contributed by atoms with Gasteiger partial charge in [-0.15, -0.1) is 0 Å². The maximum absolute atomic E-state index is 13.9. The van der Waals surface area contributed by atoms with E-state index < -0.39 is 22.6 Å². The van der Waals surface area contributed by atoms with Crippen LogP contribution >= 0.6 is 11.6 Å². The minimum Gasteiger partial charge on any atom is -0.485 e. The monoisotopic (exact) mass is 542 g/mol. The fraction of sp³-hybridized carbons (Fsp3) is 0.259. The lowest BCUT2D eigenvalue weighted by Crippen LogP contribution is -2.33. The van der Waals surface area contributed by atoms with Crippen LogP contribution in [0.5, 0.6) is 5.75 Å². The molecule has 0 amide bonds. The van der Waals surface area contributed by atoms with Crippen LogP contribution in [0.3, 0.4) is 0 Å². The molecule has 0 bridgehead atoms. The normalized spacial score (nSPS) is 11.6. The van der Waals surface area contributed by atoms with E-state index in [1.54, 1.807) is 52.1 Å². The summed E-state index contributed by atoms with van der Waals surface area (Å²) in [5.74, 6) is -1.42. The molecule has 4 aromatic heterocycles. The molecular formula is C27H25ClF2N4O4. The van der Waals surface area contributed by atoms with Crippen LogP contribution in [-0.4, -0.2) is 30.8 Å². The number of hydrogen-bond donors (Lipinski definition) is 1. The zero-order valence-electron chi connectivity index (χ0n) is 21.1. The van der Waals surface area contributed by atoms with Crippen LogP contribution < -0.4 is 15.9 Å². The van der Waals surface area contributed by atoms with E-state index in [-0.39, 0.29) is 41.1 Å². The molecule has 38 heavy (non-hydrogen) atoms. The van der Waals surface area contributed by atoms with E-state index in [0.717, 1.165) is 6.20 Å². The number of aliphatic hydroxyl groups is 1. The number of pyridine rings is 4. The maximum Gasteiger partial charge on any atom is 0.277 e. The zero-order valence-corrected chi connectivity index (χ0v) is 21.9. The molecule has 0 atom stereocenters. The van der Waals surface area contributed by atoms with Crippen molar-refractivity contribution in [1.82, 2.24) is 19.1 Å². The number of hydrogen-bond acceptors (Lipinski definition) is 6. The Morgan fingerprint density at radius 2 is 1.82 bits per heavy atom. The second-order valence-corrected chi connectivity index (χ2v) is 9.82. The van der Waals surface area contributed by atoms with Gasteiger partial charge in [0.1, 0.15) is 34.7 Å². The first kappa shape index (κ1) is 27.2. The number of rotatable bonds is 7. The summed E-state index contributed by atoms with van der Waals surface area (Å²) in [6.07, 6.45) is 3.96. The molecule has 0 aliphatic carbocycles. The summed E-state index contributed by atoms with van der Waals surface area (Å²) >= 11 is 6.35. The predicted octanol–water partition coefficient (Wildman–Crippen LogP) is 4.18. The van der Waals surface area contributed by atoms with Gasteiger partial charge in [0.05, 0.1) is 18.5 Å². The van der Waals surface area contributed by atoms with Crippen molar-refractivity contribution in [2.24, 2.45) is 0 Å². The van der Waals surface area contributed by atoms with Crippen molar-refractivity contribution in [2.45, 2.75) is 39.7 Å². The molecule has 11 heteroatoms. The van der Waals surface area contributed by atoms with Gasteiger partial charge in [-0.05, 0) is 25.5 Å². The summed E-state index contributed by atoms with van der Waals surface area (Å²) in [5, 5.41) is 9.49. The fourth-order valence-corrected chi connectivity index (χ4v) is 4.12. The van der Waals surface area contributed by atoms with E-state index in [1.165, 1.54) is 21.4 Å². The Bertz CT molecular complexity index is 1650. The van der Waals surface area contributed by atoms with E-state index in [9.17, 15) is 23.5 Å². The highest BCUT2D eigenvalue weighted by atomic mass is 35.5. The molecule has 0 aliphatic heterocycles. The van der Waals surface area contributed by atoms with Gasteiger partial charge in [-0.3, -0.25) is 23.7 Å². The van der Waals surface area contributed by atoms with Crippen LogP contribution in [0.4, 0.5) is 8.78 Å². The molecule has 8 nitrogen and oxygen atoms in total. The predicted molar refractivity (Wildman–Crippen MR) is 139 cm³/mol. The smallest absolute Gasteiger partial charge is 0.277 e. The van der Waals surface area contributed by atoms with E-state index in [1.807, 2.05) is 0 Å². The molecule has 0 saturated carbocycles. The summed E-state index contributed by atoms with van der Waals surface area (Å²) < 4.78 is 35.3. The number of halogens is 3. The van der Waals surface area contributed by atoms with Gasteiger partial charge in [0.2, 0.25) is 0 Å². The standard InChI is InChI=1S/C27H25ClF2N4O4/c1-15-11-32-23(33-7-5-6-18(25(33)36)27(3,4)14-35)10-21(15)34-16(2)8-22(24(28)26(34)37)38-13-20-19(30)9-17(29)12-31-20/h5-12,35H,13-14H2,1-4H3. The number of aliphatic hydroxyl groups excluding tert-OH is 1. The highest BCUT2D eigenvalue weighted by Gasteiger charge is 2.24. The van der Waals surface area contributed by atoms with Crippen LogP contribution in [0.2, 0.25) is 5.02 Å². The number of nitrogens with zero attached hydrogens (tertiary/aromatic N) is 4. The quantitative estimate of drug-likeness (QED) is 0.376. The minimum atomic E-state index is -0.882. The number of aromatic nitrogens is 4. The Hall–Kier alpha value is -3.89. The van der Waals surface area contributed by atoms with Gasteiger partial charge in [-0.25, -0.2) is 13.8 Å². The molecular weight excluding hydrogens is 518 g/mol. The van der Waals surface area contributed by atoms with Crippen LogP contribution in [0.15, 0.2) is 58.5 Å². The Balaban J connectivity index is 1.75. The molecule has 198 valence electrons. The van der Waals surface area contributed by atoms with Gasteiger partial charge < -0.3 is 9.84 Å². The number of aryl methyl sites for hydroxylation is 2. The van der Waals surface area contributed by atoms with Crippen molar-refractivity contribution in [1.29, 1.82) is 0 Å². The maximum atomic E-state index is 13.9. The summed E-state index contributed by atoms with van der Waals surface area (Å²) in [7, 11) is 0. The molecule has 0 unspecified atom stereocenters. The van der Waals surface area contributed by atoms with Crippen molar-refractivity contribution in [3.8, 4) is 17.3 Å². The van der Waals surface area contributed by atoms with Gasteiger partial charge in [-0.1, -0.05) is 31.5 Å². The van der Waals surface area contributed by atoms with Gasteiger partial charge >= 0.3 is 0 Å². The summed E-state index contributed by atoms with van der Waals surface area (Å²) in [5.41, 5.74) is 0.0871. The van der Waals surface area contributed by atoms with Crippen molar-refractivity contribution >= 4 is 11.6 Å². The lowest BCUT2D eigenvalue weighted by molar-refractivity contribution is 0.217. The van der Waals surface area contributed by atoms with Gasteiger partial charge in [-0.2, -0.15) is 0 Å². The molecule has 0 fully saturated rings. The molecule has 4 rings (SSSR count). The van der Waals surface area contributed by atoms with Gasteiger partial charge in [0, 0.05) is 47.3 Å². The zero-order chi connectivity index (χ0) is 27.8. The average molecular weight is 543 g/mol. The topological polar surface area (TPSA) is 99.2 Å². The van der Waals surface area contributed by atoms with Crippen LogP contribution in [-0.2, 0) is 12.0 Å². The minimum absolute atomic E-state index is 0.0121. The van der Waals surface area contributed by atoms with Crippen molar-refractivity contribution in [2.75, 3.05) is 6.61 Å². The highest BCUT2D eigenvalue weighted by Crippen LogP contribution is 2.26. The SMILES string of the molecule is Cc1cnc(-n2cccc(C(C)(C)CO)c2=O)cc1-n1c(C)cc(OCc2ncc(F)cc2F)c(Cl)c1=O. The fourth-order valence-electron chi connectivity index (χ4n) is 3.93. The first-order chi connectivity index (χ1) is 17.9. The third-order valence-corrected chi connectivity index (χ3v) is 6.52. The largest absolute Gasteiger partial charge is 0.485 e. The van der Waals surface area contributed by atoms with Crippen LogP contribution in [0, 0.1) is 25.5 Å². The Morgan fingerprint density at radius 3 is 2.50 bits per heavy atom.